The van der Waals surface area contributed by atoms with E-state index in [9.17, 15) is 14.0 Å². The van der Waals surface area contributed by atoms with Gasteiger partial charge < -0.3 is 20.4 Å². The minimum absolute atomic E-state index is 0.117. The molecule has 0 aliphatic carbocycles. The Hall–Kier alpha value is -2.15. The van der Waals surface area contributed by atoms with Gasteiger partial charge in [-0.25, -0.2) is 9.18 Å². The van der Waals surface area contributed by atoms with Gasteiger partial charge in [0.15, 0.2) is 0 Å². The highest BCUT2D eigenvalue weighted by molar-refractivity contribution is 5.96. The maximum Gasteiger partial charge on any atom is 0.315 e. The van der Waals surface area contributed by atoms with Gasteiger partial charge in [0.2, 0.25) is 5.91 Å². The summed E-state index contributed by atoms with van der Waals surface area (Å²) in [6, 6.07) is 5.37. The van der Waals surface area contributed by atoms with Crippen LogP contribution in [0.2, 0.25) is 0 Å². The number of rotatable bonds is 6. The summed E-state index contributed by atoms with van der Waals surface area (Å²) in [5.41, 5.74) is 0.519. The average Bonchev–Trinajstić information content (AvgIpc) is 2.84. The van der Waals surface area contributed by atoms with E-state index in [-0.39, 0.29) is 30.2 Å². The van der Waals surface area contributed by atoms with Crippen molar-refractivity contribution in [2.75, 3.05) is 38.6 Å². The number of hydrogen-bond donors (Lipinski definition) is 2. The van der Waals surface area contributed by atoms with Gasteiger partial charge in [-0.15, -0.1) is 0 Å². The van der Waals surface area contributed by atoms with Crippen molar-refractivity contribution in [3.63, 3.8) is 0 Å². The Labute approximate surface area is 135 Å². The molecule has 3 amide bonds. The van der Waals surface area contributed by atoms with Gasteiger partial charge in [0.05, 0.1) is 6.04 Å². The van der Waals surface area contributed by atoms with Crippen molar-refractivity contribution in [1.29, 1.82) is 0 Å². The smallest absolute Gasteiger partial charge is 0.315 e. The average molecular weight is 322 g/mol. The lowest BCUT2D eigenvalue weighted by Gasteiger charge is -2.17. The minimum atomic E-state index is -0.384. The van der Waals surface area contributed by atoms with Gasteiger partial charge in [-0.3, -0.25) is 4.79 Å². The van der Waals surface area contributed by atoms with Crippen molar-refractivity contribution in [2.45, 2.75) is 18.9 Å². The number of carbonyl (C=O) groups is 2. The number of carbonyl (C=O) groups excluding carboxylic acids is 2. The molecule has 1 fully saturated rings. The van der Waals surface area contributed by atoms with E-state index < -0.39 is 0 Å². The van der Waals surface area contributed by atoms with Crippen LogP contribution in [0.3, 0.4) is 0 Å². The second kappa shape index (κ2) is 7.92. The number of halogens is 1. The summed E-state index contributed by atoms with van der Waals surface area (Å²) >= 11 is 0. The van der Waals surface area contributed by atoms with Crippen molar-refractivity contribution in [3.05, 3.63) is 30.1 Å². The van der Waals surface area contributed by atoms with E-state index >= 15 is 0 Å². The molecular weight excluding hydrogens is 299 g/mol. The lowest BCUT2D eigenvalue weighted by atomic mass is 10.2. The summed E-state index contributed by atoms with van der Waals surface area (Å²) in [4.78, 5) is 27.4. The Bertz CT molecular complexity index is 565. The first kappa shape index (κ1) is 17.2. The molecular formula is C16H23FN4O2. The van der Waals surface area contributed by atoms with Crippen LogP contribution in [-0.2, 0) is 4.79 Å². The Morgan fingerprint density at radius 1 is 1.43 bits per heavy atom. The summed E-state index contributed by atoms with van der Waals surface area (Å²) in [5, 5.41) is 5.57. The van der Waals surface area contributed by atoms with E-state index in [2.05, 4.69) is 10.6 Å². The topological polar surface area (TPSA) is 64.7 Å². The second-order valence-corrected chi connectivity index (χ2v) is 5.94. The number of nitrogens with one attached hydrogen (secondary N) is 2. The first-order valence-electron chi connectivity index (χ1n) is 7.70. The van der Waals surface area contributed by atoms with Crippen LogP contribution in [0.15, 0.2) is 24.3 Å². The third-order valence-electron chi connectivity index (χ3n) is 3.65. The predicted molar refractivity (Wildman–Crippen MR) is 86.9 cm³/mol. The lowest BCUT2D eigenvalue weighted by molar-refractivity contribution is -0.117. The molecule has 1 atom stereocenters. The predicted octanol–water partition coefficient (Wildman–Crippen LogP) is 1.18. The van der Waals surface area contributed by atoms with Gasteiger partial charge >= 0.3 is 6.03 Å². The molecule has 0 aromatic heterocycles. The van der Waals surface area contributed by atoms with E-state index in [0.717, 1.165) is 13.0 Å². The van der Waals surface area contributed by atoms with E-state index in [1.807, 2.05) is 19.0 Å². The second-order valence-electron chi connectivity index (χ2n) is 5.94. The van der Waals surface area contributed by atoms with Gasteiger partial charge in [-0.2, -0.15) is 0 Å². The quantitative estimate of drug-likeness (QED) is 0.773. The molecule has 0 spiro atoms. The number of anilines is 1. The van der Waals surface area contributed by atoms with Crippen molar-refractivity contribution in [1.82, 2.24) is 15.5 Å². The number of nitrogens with zero attached hydrogens (tertiary/aromatic N) is 2. The number of hydrogen-bond acceptors (Lipinski definition) is 3. The van der Waals surface area contributed by atoms with Crippen LogP contribution < -0.4 is 15.5 Å². The molecule has 2 N–H and O–H groups in total. The summed E-state index contributed by atoms with van der Waals surface area (Å²) < 4.78 is 13.3. The van der Waals surface area contributed by atoms with Gasteiger partial charge in [-0.1, -0.05) is 6.07 Å². The van der Waals surface area contributed by atoms with Gasteiger partial charge in [-0.05, 0) is 45.3 Å². The molecule has 1 heterocycles. The molecule has 1 aromatic carbocycles. The van der Waals surface area contributed by atoms with Crippen molar-refractivity contribution < 1.29 is 14.0 Å². The Morgan fingerprint density at radius 3 is 2.91 bits per heavy atom. The fourth-order valence-corrected chi connectivity index (χ4v) is 2.53. The maximum atomic E-state index is 13.3. The van der Waals surface area contributed by atoms with Crippen LogP contribution in [0.1, 0.15) is 12.8 Å². The highest BCUT2D eigenvalue weighted by atomic mass is 19.1. The van der Waals surface area contributed by atoms with Gasteiger partial charge in [0.25, 0.3) is 0 Å². The molecule has 23 heavy (non-hydrogen) atoms. The third-order valence-corrected chi connectivity index (χ3v) is 3.65. The molecule has 1 aromatic rings. The molecule has 2 rings (SSSR count). The SMILES string of the molecule is CN(C)CCCNC(=O)N[C@H]1CC(=O)N(c2cccc(F)c2)C1. The van der Waals surface area contributed by atoms with Crippen LogP contribution in [0.25, 0.3) is 0 Å². The van der Waals surface area contributed by atoms with Crippen molar-refractivity contribution in [2.24, 2.45) is 0 Å². The monoisotopic (exact) mass is 322 g/mol. The van der Waals surface area contributed by atoms with Crippen molar-refractivity contribution >= 4 is 17.6 Å². The number of amides is 3. The molecule has 1 aliphatic rings. The normalized spacial score (nSPS) is 17.7. The van der Waals surface area contributed by atoms with Crippen LogP contribution >= 0.6 is 0 Å². The Morgan fingerprint density at radius 2 is 2.22 bits per heavy atom. The number of benzene rings is 1. The summed E-state index contributed by atoms with van der Waals surface area (Å²) in [7, 11) is 3.95. The zero-order valence-corrected chi connectivity index (χ0v) is 13.5. The highest BCUT2D eigenvalue weighted by Gasteiger charge is 2.31. The Kier molecular flexibility index (Phi) is 5.92. The maximum absolute atomic E-state index is 13.3. The number of urea groups is 1. The molecule has 0 saturated carbocycles. The van der Waals surface area contributed by atoms with Crippen LogP contribution in [0.4, 0.5) is 14.9 Å². The molecule has 0 bridgehead atoms. The Balaban J connectivity index is 1.80. The van der Waals surface area contributed by atoms with Crippen LogP contribution in [0, 0.1) is 5.82 Å². The summed E-state index contributed by atoms with van der Waals surface area (Å²) in [5.74, 6) is -0.501. The molecule has 6 nitrogen and oxygen atoms in total. The van der Waals surface area contributed by atoms with E-state index in [1.54, 1.807) is 12.1 Å². The van der Waals surface area contributed by atoms with E-state index in [4.69, 9.17) is 0 Å². The molecule has 1 saturated heterocycles. The fourth-order valence-electron chi connectivity index (χ4n) is 2.53. The van der Waals surface area contributed by atoms with Crippen LogP contribution in [0.5, 0.6) is 0 Å². The first-order valence-corrected chi connectivity index (χ1v) is 7.70. The van der Waals surface area contributed by atoms with E-state index in [0.29, 0.717) is 18.8 Å². The largest absolute Gasteiger partial charge is 0.338 e. The van der Waals surface area contributed by atoms with Crippen LogP contribution in [-0.4, -0.2) is 56.6 Å². The van der Waals surface area contributed by atoms with Gasteiger partial charge in [0.1, 0.15) is 5.82 Å². The molecule has 1 aliphatic heterocycles. The fraction of sp³-hybridized carbons (Fsp3) is 0.500. The van der Waals surface area contributed by atoms with E-state index in [1.165, 1.54) is 17.0 Å². The van der Waals surface area contributed by atoms with Gasteiger partial charge in [0, 0.05) is 25.2 Å². The summed E-state index contributed by atoms with van der Waals surface area (Å²) in [6.07, 6.45) is 1.08. The molecule has 126 valence electrons. The zero-order valence-electron chi connectivity index (χ0n) is 13.5. The molecule has 0 unspecified atom stereocenters. The molecule has 7 heteroatoms. The molecule has 0 radical (unpaired) electrons. The van der Waals surface area contributed by atoms with Crippen molar-refractivity contribution in [3.8, 4) is 0 Å². The standard InChI is InChI=1S/C16H23FN4O2/c1-20(2)8-4-7-18-16(23)19-13-10-15(22)21(11-13)14-6-3-5-12(17)9-14/h3,5-6,9,13H,4,7-8,10-11H2,1-2H3,(H2,18,19,23)/t13-/m0/s1. The third kappa shape index (κ3) is 5.21. The highest BCUT2D eigenvalue weighted by Crippen LogP contribution is 2.22. The minimum Gasteiger partial charge on any atom is -0.338 e. The lowest BCUT2D eigenvalue weighted by Crippen LogP contribution is -2.44. The summed E-state index contributed by atoms with van der Waals surface area (Å²) in [6.45, 7) is 1.83. The zero-order chi connectivity index (χ0) is 16.8. The first-order chi connectivity index (χ1) is 11.0.